The summed E-state index contributed by atoms with van der Waals surface area (Å²) in [7, 11) is 1.58. The number of anilines is 1. The van der Waals surface area contributed by atoms with Crippen LogP contribution in [0.2, 0.25) is 0 Å². The number of aromatic nitrogens is 1. The van der Waals surface area contributed by atoms with Crippen LogP contribution in [-0.2, 0) is 17.8 Å². The van der Waals surface area contributed by atoms with Gasteiger partial charge in [0.25, 0.3) is 11.8 Å². The quantitative estimate of drug-likeness (QED) is 0.253. The van der Waals surface area contributed by atoms with E-state index >= 15 is 0 Å². The first-order chi connectivity index (χ1) is 21.0. The van der Waals surface area contributed by atoms with Gasteiger partial charge in [0.2, 0.25) is 0 Å². The molecule has 9 heteroatoms. The summed E-state index contributed by atoms with van der Waals surface area (Å²) < 4.78 is 19.7. The van der Waals surface area contributed by atoms with Crippen molar-refractivity contribution >= 4 is 34.4 Å². The van der Waals surface area contributed by atoms with Gasteiger partial charge in [-0.05, 0) is 47.5 Å². The van der Waals surface area contributed by atoms with Crippen LogP contribution in [0.5, 0.6) is 5.75 Å². The number of amides is 4. The molecule has 4 amide bonds. The van der Waals surface area contributed by atoms with Crippen molar-refractivity contribution in [3.05, 3.63) is 131 Å². The topological polar surface area (TPSA) is 94.7 Å². The van der Waals surface area contributed by atoms with Crippen molar-refractivity contribution in [1.29, 1.82) is 0 Å². The second-order valence-electron chi connectivity index (χ2n) is 10.6. The van der Waals surface area contributed by atoms with Gasteiger partial charge in [-0.2, -0.15) is 0 Å². The smallest absolute Gasteiger partial charge is 0.332 e. The van der Waals surface area contributed by atoms with Crippen LogP contribution in [-0.4, -0.2) is 40.9 Å². The van der Waals surface area contributed by atoms with E-state index in [0.29, 0.717) is 17.7 Å². The van der Waals surface area contributed by atoms with Crippen molar-refractivity contribution in [3.8, 4) is 5.75 Å². The molecule has 0 saturated carbocycles. The van der Waals surface area contributed by atoms with E-state index in [-0.39, 0.29) is 17.8 Å². The number of benzene rings is 4. The van der Waals surface area contributed by atoms with Crippen molar-refractivity contribution in [2.45, 2.75) is 25.0 Å². The minimum atomic E-state index is -0.787. The van der Waals surface area contributed by atoms with Crippen LogP contribution in [0.4, 0.5) is 14.9 Å². The lowest BCUT2D eigenvalue weighted by Crippen LogP contribution is -2.44. The molecule has 4 aromatic carbocycles. The molecule has 7 rings (SSSR count). The molecule has 0 unspecified atom stereocenters. The van der Waals surface area contributed by atoms with Gasteiger partial charge in [0.05, 0.1) is 18.4 Å². The Kier molecular flexibility index (Phi) is 6.42. The largest absolute Gasteiger partial charge is 0.497 e. The third kappa shape index (κ3) is 4.32. The number of nitrogens with zero attached hydrogens (tertiary/aromatic N) is 2. The third-order valence-electron chi connectivity index (χ3n) is 8.25. The molecule has 2 N–H and O–H groups in total. The molecule has 2 aliphatic rings. The maximum Gasteiger partial charge on any atom is 0.332 e. The summed E-state index contributed by atoms with van der Waals surface area (Å²) in [5, 5.41) is 3.73. The van der Waals surface area contributed by atoms with E-state index in [1.165, 1.54) is 6.07 Å². The molecule has 0 bridgehead atoms. The molecule has 2 aliphatic heterocycles. The van der Waals surface area contributed by atoms with E-state index in [1.54, 1.807) is 54.5 Å². The van der Waals surface area contributed by atoms with Crippen LogP contribution < -0.4 is 15.0 Å². The number of H-pyrrole nitrogens is 1. The van der Waals surface area contributed by atoms with Gasteiger partial charge in [-0.1, -0.05) is 60.7 Å². The van der Waals surface area contributed by atoms with Crippen LogP contribution in [0.3, 0.4) is 0 Å². The Bertz CT molecular complexity index is 1920. The molecule has 5 aromatic rings. The molecule has 214 valence electrons. The maximum atomic E-state index is 14.3. The van der Waals surface area contributed by atoms with E-state index in [9.17, 15) is 18.8 Å². The van der Waals surface area contributed by atoms with Gasteiger partial charge in [0.1, 0.15) is 23.7 Å². The van der Waals surface area contributed by atoms with E-state index < -0.39 is 35.7 Å². The summed E-state index contributed by atoms with van der Waals surface area (Å²) in [6.45, 7) is -0.0455. The Hall–Kier alpha value is -5.44. The zero-order chi connectivity index (χ0) is 29.7. The predicted octanol–water partition coefficient (Wildman–Crippen LogP) is 5.73. The number of carbonyl (C=O) groups excluding carboxylic acids is 3. The molecular formula is C34H27FN4O4. The number of ether oxygens (including phenoxy) is 1. The van der Waals surface area contributed by atoms with Crippen LogP contribution >= 0.6 is 0 Å². The Labute approximate surface area is 246 Å². The SMILES string of the molecule is COc1cccc([C@@H]2c3[nH]c4ccccc4c3C[C@H]3C(=O)N(c4ccccc4C(=O)NCc4ccccc4F)C(=O)N23)c1. The summed E-state index contributed by atoms with van der Waals surface area (Å²) in [6, 6.07) is 26.1. The van der Waals surface area contributed by atoms with Crippen molar-refractivity contribution < 1.29 is 23.5 Å². The fourth-order valence-electron chi connectivity index (χ4n) is 6.23. The summed E-state index contributed by atoms with van der Waals surface area (Å²) >= 11 is 0. The van der Waals surface area contributed by atoms with Crippen LogP contribution in [0.25, 0.3) is 10.9 Å². The fourth-order valence-corrected chi connectivity index (χ4v) is 6.23. The number of nitrogens with one attached hydrogen (secondary N) is 2. The van der Waals surface area contributed by atoms with E-state index in [0.717, 1.165) is 32.6 Å². The van der Waals surface area contributed by atoms with E-state index in [1.807, 2.05) is 48.5 Å². The first-order valence-electron chi connectivity index (χ1n) is 14.0. The molecule has 0 aliphatic carbocycles. The normalized spacial score (nSPS) is 17.6. The second-order valence-corrected chi connectivity index (χ2v) is 10.6. The molecule has 1 saturated heterocycles. The highest BCUT2D eigenvalue weighted by molar-refractivity contribution is 6.24. The average molecular weight is 575 g/mol. The maximum absolute atomic E-state index is 14.3. The van der Waals surface area contributed by atoms with Crippen molar-refractivity contribution in [1.82, 2.24) is 15.2 Å². The molecule has 43 heavy (non-hydrogen) atoms. The third-order valence-corrected chi connectivity index (χ3v) is 8.25. The second kappa shape index (κ2) is 10.4. The van der Waals surface area contributed by atoms with Crippen LogP contribution in [0.15, 0.2) is 97.1 Å². The Balaban J connectivity index is 1.29. The number of para-hydroxylation sites is 2. The highest BCUT2D eigenvalue weighted by Gasteiger charge is 2.53. The number of methoxy groups -OCH3 is 1. The number of urea groups is 1. The average Bonchev–Trinajstić information content (AvgIpc) is 3.53. The lowest BCUT2D eigenvalue weighted by atomic mass is 9.89. The van der Waals surface area contributed by atoms with Crippen molar-refractivity contribution in [3.63, 3.8) is 0 Å². The van der Waals surface area contributed by atoms with E-state index in [2.05, 4.69) is 10.3 Å². The molecular weight excluding hydrogens is 547 g/mol. The zero-order valence-corrected chi connectivity index (χ0v) is 23.2. The monoisotopic (exact) mass is 574 g/mol. The summed E-state index contributed by atoms with van der Waals surface area (Å²) in [5.74, 6) is -0.741. The number of carbonyl (C=O) groups is 3. The van der Waals surface area contributed by atoms with Gasteiger partial charge in [-0.3, -0.25) is 14.5 Å². The summed E-state index contributed by atoms with van der Waals surface area (Å²) in [6.07, 6.45) is 0.322. The number of hydrogen-bond donors (Lipinski definition) is 2. The Morgan fingerprint density at radius 1 is 0.977 bits per heavy atom. The number of imide groups is 1. The first-order valence-corrected chi connectivity index (χ1v) is 14.0. The molecule has 0 spiro atoms. The first kappa shape index (κ1) is 26.5. The van der Waals surface area contributed by atoms with E-state index in [4.69, 9.17) is 4.74 Å². The summed E-state index contributed by atoms with van der Waals surface area (Å²) in [4.78, 5) is 48.1. The number of hydrogen-bond acceptors (Lipinski definition) is 4. The van der Waals surface area contributed by atoms with Gasteiger partial charge >= 0.3 is 6.03 Å². The lowest BCUT2D eigenvalue weighted by molar-refractivity contribution is -0.120. The van der Waals surface area contributed by atoms with Crippen molar-refractivity contribution in [2.24, 2.45) is 0 Å². The minimum absolute atomic E-state index is 0.0455. The van der Waals surface area contributed by atoms with Gasteiger partial charge in [0, 0.05) is 35.1 Å². The van der Waals surface area contributed by atoms with Gasteiger partial charge in [0.15, 0.2) is 0 Å². The number of aromatic amines is 1. The number of rotatable bonds is 6. The molecule has 1 fully saturated rings. The number of fused-ring (bicyclic) bond motifs is 4. The Morgan fingerprint density at radius 3 is 2.58 bits per heavy atom. The standard InChI is InChI=1S/C34H27FN4O4/c1-43-22-11-8-10-20(17-22)31-30-25(23-12-3-6-15-27(23)37-30)18-29-33(41)39(34(42)38(29)31)28-16-7-4-13-24(28)32(40)36-19-21-9-2-5-14-26(21)35/h2-17,29,31,37H,18-19H2,1H3,(H,36,40)/t29-,31+/m0/s1. The molecule has 3 heterocycles. The molecule has 8 nitrogen and oxygen atoms in total. The summed E-state index contributed by atoms with van der Waals surface area (Å²) in [5.41, 5.74) is 4.17. The van der Waals surface area contributed by atoms with Crippen molar-refractivity contribution in [2.75, 3.05) is 12.0 Å². The minimum Gasteiger partial charge on any atom is -0.497 e. The molecule has 2 atom stereocenters. The van der Waals surface area contributed by atoms with Crippen LogP contribution in [0, 0.1) is 5.82 Å². The number of halogens is 1. The molecule has 1 aromatic heterocycles. The lowest BCUT2D eigenvalue weighted by Gasteiger charge is -2.36. The Morgan fingerprint density at radius 2 is 1.74 bits per heavy atom. The fraction of sp³-hybridized carbons (Fsp3) is 0.147. The highest BCUT2D eigenvalue weighted by atomic mass is 19.1. The van der Waals surface area contributed by atoms with Gasteiger partial charge in [-0.15, -0.1) is 0 Å². The zero-order valence-electron chi connectivity index (χ0n) is 23.2. The van der Waals surface area contributed by atoms with Gasteiger partial charge < -0.3 is 15.0 Å². The van der Waals surface area contributed by atoms with Crippen LogP contribution in [0.1, 0.15) is 38.8 Å². The van der Waals surface area contributed by atoms with Gasteiger partial charge in [-0.25, -0.2) is 14.1 Å². The highest BCUT2D eigenvalue weighted by Crippen LogP contribution is 2.45. The predicted molar refractivity (Wildman–Crippen MR) is 159 cm³/mol. The molecule has 0 radical (unpaired) electrons.